The largest absolute Gasteiger partial charge is 0.457 e. The number of ether oxygens (including phenoxy) is 1. The van der Waals surface area contributed by atoms with Crippen molar-refractivity contribution in [3.8, 4) is 11.5 Å². The first-order chi connectivity index (χ1) is 11.7. The van der Waals surface area contributed by atoms with Crippen LogP contribution in [0.4, 0.5) is 0 Å². The van der Waals surface area contributed by atoms with Crippen LogP contribution in [0.1, 0.15) is 11.1 Å². The molecule has 2 rings (SSSR count). The summed E-state index contributed by atoms with van der Waals surface area (Å²) in [7, 11) is 0.192. The smallest absolute Gasteiger partial charge is 0.238 e. The van der Waals surface area contributed by atoms with E-state index in [1.807, 2.05) is 50.4 Å². The minimum absolute atomic E-state index is 0.0996. The number of nitrogens with zero attached hydrogens (tertiary/aromatic N) is 1. The number of hydrogen-bond donors (Lipinski definition) is 1. The van der Waals surface area contributed by atoms with Gasteiger partial charge in [-0.05, 0) is 81.2 Å². The Kier molecular flexibility index (Phi) is 6.51. The van der Waals surface area contributed by atoms with E-state index in [0.29, 0.717) is 12.2 Å². The van der Waals surface area contributed by atoms with Crippen molar-refractivity contribution in [1.29, 1.82) is 0 Å². The second-order valence-electron chi connectivity index (χ2n) is 6.10. The van der Waals surface area contributed by atoms with E-state index in [-0.39, 0.29) is 4.90 Å². The van der Waals surface area contributed by atoms with Gasteiger partial charge in [-0.3, -0.25) is 0 Å². The van der Waals surface area contributed by atoms with E-state index < -0.39 is 10.0 Å². The molecule has 2 aromatic rings. The van der Waals surface area contributed by atoms with Crippen LogP contribution in [0.25, 0.3) is 0 Å². The van der Waals surface area contributed by atoms with Crippen molar-refractivity contribution in [2.24, 2.45) is 5.14 Å². The summed E-state index contributed by atoms with van der Waals surface area (Å²) in [6.07, 6.45) is 2.70. The lowest BCUT2D eigenvalue weighted by atomic mass is 10.1. The van der Waals surface area contributed by atoms with Crippen LogP contribution in [0, 0.1) is 6.92 Å². The predicted octanol–water partition coefficient (Wildman–Crippen LogP) is 3.26. The van der Waals surface area contributed by atoms with E-state index >= 15 is 0 Å². The van der Waals surface area contributed by atoms with E-state index in [1.54, 1.807) is 23.9 Å². The van der Waals surface area contributed by atoms with Gasteiger partial charge in [0, 0.05) is 11.4 Å². The van der Waals surface area contributed by atoms with Crippen LogP contribution in [0.2, 0.25) is 0 Å². The highest BCUT2D eigenvalue weighted by atomic mass is 32.2. The van der Waals surface area contributed by atoms with E-state index in [2.05, 4.69) is 0 Å². The molecule has 2 N–H and O–H groups in total. The lowest BCUT2D eigenvalue weighted by molar-refractivity contribution is 0.407. The van der Waals surface area contributed by atoms with E-state index in [9.17, 15) is 8.42 Å². The fourth-order valence-electron chi connectivity index (χ4n) is 2.41. The fraction of sp³-hybridized carbons (Fsp3) is 0.333. The minimum atomic E-state index is -3.74. The zero-order valence-electron chi connectivity index (χ0n) is 14.9. The first-order valence-corrected chi connectivity index (χ1v) is 10.6. The number of thioether (sulfide) groups is 1. The number of nitrogens with two attached hydrogens (primary N) is 1. The molecule has 0 aliphatic carbocycles. The summed E-state index contributed by atoms with van der Waals surface area (Å²) in [5, 5.41) is 5.25. The Labute approximate surface area is 154 Å². The molecule has 0 saturated heterocycles. The molecule has 0 radical (unpaired) electrons. The van der Waals surface area contributed by atoms with Gasteiger partial charge in [-0.2, -0.15) is 0 Å². The van der Waals surface area contributed by atoms with Crippen LogP contribution in [0.3, 0.4) is 0 Å². The Bertz CT molecular complexity index is 849. The third-order valence-corrected chi connectivity index (χ3v) is 5.59. The molecule has 25 heavy (non-hydrogen) atoms. The van der Waals surface area contributed by atoms with Gasteiger partial charge < -0.3 is 9.64 Å². The van der Waals surface area contributed by atoms with Crippen molar-refractivity contribution in [1.82, 2.24) is 4.90 Å². The molecule has 0 atom stereocenters. The standard InChI is InChI=1S/C18H24N2O3S2/c1-13-11-15(5-8-18(13)24-4)23-17-7-6-16(25(19,21)22)12-14(17)9-10-20(2)3/h5-8,11-12H,9-10H2,1-4H3,(H2,19,21,22). The summed E-state index contributed by atoms with van der Waals surface area (Å²) < 4.78 is 29.3. The Morgan fingerprint density at radius 1 is 1.16 bits per heavy atom. The molecule has 136 valence electrons. The minimum Gasteiger partial charge on any atom is -0.457 e. The summed E-state index contributed by atoms with van der Waals surface area (Å²) in [5.41, 5.74) is 1.95. The summed E-state index contributed by atoms with van der Waals surface area (Å²) in [5.74, 6) is 1.37. The van der Waals surface area contributed by atoms with Gasteiger partial charge >= 0.3 is 0 Å². The number of rotatable bonds is 7. The highest BCUT2D eigenvalue weighted by molar-refractivity contribution is 7.98. The second-order valence-corrected chi connectivity index (χ2v) is 8.51. The highest BCUT2D eigenvalue weighted by Crippen LogP contribution is 2.31. The topological polar surface area (TPSA) is 72.6 Å². The molecule has 0 unspecified atom stereocenters. The van der Waals surface area contributed by atoms with E-state index in [1.165, 1.54) is 11.0 Å². The van der Waals surface area contributed by atoms with Gasteiger partial charge in [-0.15, -0.1) is 11.8 Å². The molecule has 0 heterocycles. The Morgan fingerprint density at radius 3 is 2.44 bits per heavy atom. The predicted molar refractivity (Wildman–Crippen MR) is 103 cm³/mol. The molecule has 0 fully saturated rings. The van der Waals surface area contributed by atoms with Crippen molar-refractivity contribution in [2.75, 3.05) is 26.9 Å². The third kappa shape index (κ3) is 5.47. The first-order valence-electron chi connectivity index (χ1n) is 7.83. The monoisotopic (exact) mass is 380 g/mol. The lowest BCUT2D eigenvalue weighted by Gasteiger charge is -2.15. The molecule has 0 aromatic heterocycles. The number of hydrogen-bond acceptors (Lipinski definition) is 5. The number of aryl methyl sites for hydroxylation is 1. The van der Waals surface area contributed by atoms with Gasteiger partial charge in [0.2, 0.25) is 10.0 Å². The number of benzene rings is 2. The first kappa shape index (κ1) is 19.8. The van der Waals surface area contributed by atoms with Crippen molar-refractivity contribution in [3.63, 3.8) is 0 Å². The van der Waals surface area contributed by atoms with Crippen molar-refractivity contribution < 1.29 is 13.2 Å². The zero-order chi connectivity index (χ0) is 18.6. The Morgan fingerprint density at radius 2 is 1.88 bits per heavy atom. The fourth-order valence-corrected chi connectivity index (χ4v) is 3.56. The number of likely N-dealkylation sites (N-methyl/N-ethyl adjacent to an activating group) is 1. The maximum absolute atomic E-state index is 11.6. The number of sulfonamides is 1. The van der Waals surface area contributed by atoms with Crippen LogP contribution in [0.15, 0.2) is 46.2 Å². The average molecular weight is 381 g/mol. The molecular weight excluding hydrogens is 356 g/mol. The van der Waals surface area contributed by atoms with Crippen LogP contribution in [0.5, 0.6) is 11.5 Å². The van der Waals surface area contributed by atoms with Crippen LogP contribution < -0.4 is 9.88 Å². The molecule has 0 spiro atoms. The molecular formula is C18H24N2O3S2. The molecule has 0 bridgehead atoms. The molecule has 2 aromatic carbocycles. The second kappa shape index (κ2) is 8.23. The summed E-state index contributed by atoms with van der Waals surface area (Å²) in [4.78, 5) is 3.33. The maximum Gasteiger partial charge on any atom is 0.238 e. The quantitative estimate of drug-likeness (QED) is 0.747. The van der Waals surface area contributed by atoms with Crippen molar-refractivity contribution in [3.05, 3.63) is 47.5 Å². The van der Waals surface area contributed by atoms with Crippen molar-refractivity contribution >= 4 is 21.8 Å². The normalized spacial score (nSPS) is 11.8. The maximum atomic E-state index is 11.6. The summed E-state index contributed by atoms with van der Waals surface area (Å²) in [6, 6.07) is 10.7. The van der Waals surface area contributed by atoms with Gasteiger partial charge in [0.15, 0.2) is 0 Å². The lowest BCUT2D eigenvalue weighted by Crippen LogP contribution is -2.16. The molecule has 7 heteroatoms. The zero-order valence-corrected chi connectivity index (χ0v) is 16.6. The summed E-state index contributed by atoms with van der Waals surface area (Å²) in [6.45, 7) is 2.81. The van der Waals surface area contributed by atoms with Gasteiger partial charge in [0.1, 0.15) is 11.5 Å². The van der Waals surface area contributed by atoms with Gasteiger partial charge in [0.25, 0.3) is 0 Å². The number of primary sulfonamides is 1. The van der Waals surface area contributed by atoms with Gasteiger partial charge in [-0.1, -0.05) is 0 Å². The molecule has 0 amide bonds. The highest BCUT2D eigenvalue weighted by Gasteiger charge is 2.13. The molecule has 0 aliphatic heterocycles. The van der Waals surface area contributed by atoms with Gasteiger partial charge in [-0.25, -0.2) is 13.6 Å². The van der Waals surface area contributed by atoms with Crippen LogP contribution >= 0.6 is 11.8 Å². The molecule has 0 saturated carbocycles. The Hall–Kier alpha value is -1.54. The van der Waals surface area contributed by atoms with E-state index in [0.717, 1.165) is 23.4 Å². The van der Waals surface area contributed by atoms with Crippen LogP contribution in [-0.4, -0.2) is 40.2 Å². The third-order valence-electron chi connectivity index (χ3n) is 3.78. The molecule has 5 nitrogen and oxygen atoms in total. The van der Waals surface area contributed by atoms with E-state index in [4.69, 9.17) is 9.88 Å². The SMILES string of the molecule is CSc1ccc(Oc2ccc(S(N)(=O)=O)cc2CCN(C)C)cc1C. The van der Waals surface area contributed by atoms with Crippen LogP contribution in [-0.2, 0) is 16.4 Å². The molecule has 0 aliphatic rings. The summed E-state index contributed by atoms with van der Waals surface area (Å²) >= 11 is 1.69. The van der Waals surface area contributed by atoms with Gasteiger partial charge in [0.05, 0.1) is 4.90 Å². The average Bonchev–Trinajstić information content (AvgIpc) is 2.53. The Balaban J connectivity index is 2.36. The van der Waals surface area contributed by atoms with Crippen molar-refractivity contribution in [2.45, 2.75) is 23.1 Å².